The van der Waals surface area contributed by atoms with Crippen molar-refractivity contribution in [3.05, 3.63) is 12.4 Å². The van der Waals surface area contributed by atoms with E-state index in [1.54, 1.807) is 24.9 Å². The number of ether oxygens (including phenoxy) is 1. The summed E-state index contributed by atoms with van der Waals surface area (Å²) < 4.78 is 6.52. The molecule has 1 rings (SSSR count). The van der Waals surface area contributed by atoms with Gasteiger partial charge in [0.25, 0.3) is 0 Å². The lowest BCUT2D eigenvalue weighted by atomic mass is 10.2. The lowest BCUT2D eigenvalue weighted by Crippen LogP contribution is -2.42. The van der Waals surface area contributed by atoms with Crippen LogP contribution in [0.2, 0.25) is 0 Å². The lowest BCUT2D eigenvalue weighted by Gasteiger charge is -2.12. The number of nitrogens with one attached hydrogen (secondary N) is 2. The molecule has 106 valence electrons. The first kappa shape index (κ1) is 15.0. The van der Waals surface area contributed by atoms with E-state index in [1.165, 1.54) is 6.20 Å². The van der Waals surface area contributed by atoms with Crippen LogP contribution in [0.3, 0.4) is 0 Å². The smallest absolute Gasteiger partial charge is 0.326 e. The molecule has 1 aromatic heterocycles. The maximum absolute atomic E-state index is 11.6. The van der Waals surface area contributed by atoms with Crippen molar-refractivity contribution in [2.24, 2.45) is 0 Å². The second-order valence-corrected chi connectivity index (χ2v) is 3.88. The van der Waals surface area contributed by atoms with Crippen LogP contribution < -0.4 is 10.6 Å². The van der Waals surface area contributed by atoms with Crippen molar-refractivity contribution in [2.75, 3.05) is 19.0 Å². The summed E-state index contributed by atoms with van der Waals surface area (Å²) in [5.41, 5.74) is 0.494. The number of carbonyl (C=O) groups is 2. The molecule has 0 unspecified atom stereocenters. The maximum atomic E-state index is 11.6. The lowest BCUT2D eigenvalue weighted by molar-refractivity contribution is -0.139. The van der Waals surface area contributed by atoms with Crippen LogP contribution in [-0.2, 0) is 16.1 Å². The number of methoxy groups -OCH3 is 1. The van der Waals surface area contributed by atoms with Gasteiger partial charge in [-0.1, -0.05) is 6.92 Å². The highest BCUT2D eigenvalue weighted by atomic mass is 16.5. The van der Waals surface area contributed by atoms with Gasteiger partial charge in [-0.15, -0.1) is 0 Å². The molecule has 3 N–H and O–H groups in total. The highest BCUT2D eigenvalue weighted by molar-refractivity contribution is 5.91. The van der Waals surface area contributed by atoms with Gasteiger partial charge in [0.05, 0.1) is 25.0 Å². The summed E-state index contributed by atoms with van der Waals surface area (Å²) in [6.07, 6.45) is 3.44. The fraction of sp³-hybridized carbons (Fsp3) is 0.545. The molecule has 19 heavy (non-hydrogen) atoms. The van der Waals surface area contributed by atoms with Crippen LogP contribution in [0.1, 0.15) is 13.3 Å². The molecule has 0 aliphatic rings. The van der Waals surface area contributed by atoms with Gasteiger partial charge in [0.2, 0.25) is 0 Å². The zero-order valence-electron chi connectivity index (χ0n) is 10.9. The van der Waals surface area contributed by atoms with Crippen molar-refractivity contribution in [1.82, 2.24) is 15.1 Å². The quantitative estimate of drug-likeness (QED) is 0.669. The minimum atomic E-state index is -1.06. The van der Waals surface area contributed by atoms with Gasteiger partial charge < -0.3 is 20.5 Å². The molecule has 1 heterocycles. The van der Waals surface area contributed by atoms with Crippen molar-refractivity contribution in [1.29, 1.82) is 0 Å². The third kappa shape index (κ3) is 4.96. The van der Waals surface area contributed by atoms with Crippen LogP contribution >= 0.6 is 0 Å². The van der Waals surface area contributed by atoms with Gasteiger partial charge >= 0.3 is 12.0 Å². The number of carboxylic acids is 1. The largest absolute Gasteiger partial charge is 0.480 e. The van der Waals surface area contributed by atoms with Gasteiger partial charge in [-0.05, 0) is 6.42 Å². The van der Waals surface area contributed by atoms with Crippen LogP contribution in [0.15, 0.2) is 12.4 Å². The molecule has 0 bridgehead atoms. The standard InChI is InChI=1S/C11H18N4O4/c1-3-9(10(16)17)14-11(18)13-8-6-12-15(7-8)4-5-19-2/h6-7,9H,3-5H2,1-2H3,(H,16,17)(H2,13,14,18)/t9-/m0/s1. The molecular formula is C11H18N4O4. The molecule has 0 aliphatic heterocycles. The molecule has 0 aliphatic carbocycles. The van der Waals surface area contributed by atoms with Gasteiger partial charge in [-0.3, -0.25) is 4.68 Å². The van der Waals surface area contributed by atoms with Gasteiger partial charge in [0.1, 0.15) is 6.04 Å². The first-order valence-electron chi connectivity index (χ1n) is 5.88. The molecule has 0 spiro atoms. The zero-order chi connectivity index (χ0) is 14.3. The number of carboxylic acid groups (broad SMARTS) is 1. The second-order valence-electron chi connectivity index (χ2n) is 3.88. The number of nitrogens with zero attached hydrogens (tertiary/aromatic N) is 2. The molecule has 8 nitrogen and oxygen atoms in total. The predicted octanol–water partition coefficient (Wildman–Crippen LogP) is 0.514. The molecule has 0 aromatic carbocycles. The van der Waals surface area contributed by atoms with E-state index < -0.39 is 18.0 Å². The minimum Gasteiger partial charge on any atom is -0.480 e. The van der Waals surface area contributed by atoms with E-state index in [2.05, 4.69) is 15.7 Å². The molecule has 1 aromatic rings. The Morgan fingerprint density at radius 1 is 1.58 bits per heavy atom. The Labute approximate surface area is 110 Å². The molecule has 0 saturated carbocycles. The van der Waals surface area contributed by atoms with E-state index in [4.69, 9.17) is 9.84 Å². The van der Waals surface area contributed by atoms with Gasteiger partial charge in [0.15, 0.2) is 0 Å². The topological polar surface area (TPSA) is 105 Å². The minimum absolute atomic E-state index is 0.315. The monoisotopic (exact) mass is 270 g/mol. The summed E-state index contributed by atoms with van der Waals surface area (Å²) >= 11 is 0. The van der Waals surface area contributed by atoms with Crippen molar-refractivity contribution in [3.8, 4) is 0 Å². The first-order chi connectivity index (χ1) is 9.06. The highest BCUT2D eigenvalue weighted by Gasteiger charge is 2.17. The number of aliphatic carboxylic acids is 1. The highest BCUT2D eigenvalue weighted by Crippen LogP contribution is 2.04. The van der Waals surface area contributed by atoms with Crippen molar-refractivity contribution < 1.29 is 19.4 Å². The Balaban J connectivity index is 2.47. The Hall–Kier alpha value is -2.09. The number of aromatic nitrogens is 2. The van der Waals surface area contributed by atoms with Gasteiger partial charge in [-0.2, -0.15) is 5.10 Å². The maximum Gasteiger partial charge on any atom is 0.326 e. The van der Waals surface area contributed by atoms with Crippen LogP contribution in [0.4, 0.5) is 10.5 Å². The third-order valence-corrected chi connectivity index (χ3v) is 2.43. The molecular weight excluding hydrogens is 252 g/mol. The molecule has 1 atom stereocenters. The number of rotatable bonds is 7. The summed E-state index contributed by atoms with van der Waals surface area (Å²) in [6.45, 7) is 2.78. The SMILES string of the molecule is CC[C@H](NC(=O)Nc1cnn(CCOC)c1)C(=O)O. The van der Waals surface area contributed by atoms with Crippen molar-refractivity contribution >= 4 is 17.7 Å². The molecule has 2 amide bonds. The average Bonchev–Trinajstić information content (AvgIpc) is 2.80. The summed E-state index contributed by atoms with van der Waals surface area (Å²) in [6, 6.07) is -1.47. The normalized spacial score (nSPS) is 11.9. The van der Waals surface area contributed by atoms with E-state index in [9.17, 15) is 9.59 Å². The fourth-order valence-corrected chi connectivity index (χ4v) is 1.40. The van der Waals surface area contributed by atoms with E-state index >= 15 is 0 Å². The first-order valence-corrected chi connectivity index (χ1v) is 5.88. The molecule has 0 saturated heterocycles. The van der Waals surface area contributed by atoms with Crippen LogP contribution in [0.5, 0.6) is 0 Å². The third-order valence-electron chi connectivity index (χ3n) is 2.43. The van der Waals surface area contributed by atoms with E-state index in [-0.39, 0.29) is 0 Å². The second kappa shape index (κ2) is 7.37. The number of amides is 2. The van der Waals surface area contributed by atoms with Crippen molar-refractivity contribution in [3.63, 3.8) is 0 Å². The number of hydrogen-bond acceptors (Lipinski definition) is 4. The Morgan fingerprint density at radius 3 is 2.89 bits per heavy atom. The predicted molar refractivity (Wildman–Crippen MR) is 68.0 cm³/mol. The zero-order valence-corrected chi connectivity index (χ0v) is 10.9. The number of carbonyl (C=O) groups excluding carboxylic acids is 1. The Morgan fingerprint density at radius 2 is 2.32 bits per heavy atom. The number of urea groups is 1. The average molecular weight is 270 g/mol. The fourth-order valence-electron chi connectivity index (χ4n) is 1.40. The summed E-state index contributed by atoms with van der Waals surface area (Å²) in [5, 5.41) is 17.7. The number of hydrogen-bond donors (Lipinski definition) is 3. The van der Waals surface area contributed by atoms with E-state index in [1.807, 2.05) is 0 Å². The number of anilines is 1. The Bertz CT molecular complexity index is 432. The summed E-state index contributed by atoms with van der Waals surface area (Å²) in [5.74, 6) is -1.06. The summed E-state index contributed by atoms with van der Waals surface area (Å²) in [7, 11) is 1.59. The molecule has 0 fully saturated rings. The van der Waals surface area contributed by atoms with Crippen molar-refractivity contribution in [2.45, 2.75) is 25.9 Å². The van der Waals surface area contributed by atoms with Crippen LogP contribution in [-0.4, -0.2) is 46.6 Å². The Kier molecular flexibility index (Phi) is 5.80. The van der Waals surface area contributed by atoms with Gasteiger partial charge in [0, 0.05) is 13.3 Å². The summed E-state index contributed by atoms with van der Waals surface area (Å²) in [4.78, 5) is 22.3. The van der Waals surface area contributed by atoms with E-state index in [0.29, 0.717) is 25.3 Å². The molecule has 8 heteroatoms. The molecule has 0 radical (unpaired) electrons. The van der Waals surface area contributed by atoms with E-state index in [0.717, 1.165) is 0 Å². The van der Waals surface area contributed by atoms with Crippen LogP contribution in [0, 0.1) is 0 Å². The van der Waals surface area contributed by atoms with Gasteiger partial charge in [-0.25, -0.2) is 9.59 Å². The van der Waals surface area contributed by atoms with Crippen LogP contribution in [0.25, 0.3) is 0 Å².